The van der Waals surface area contributed by atoms with Crippen molar-refractivity contribution < 1.29 is 17.9 Å². The SMILES string of the molecule is COCCNC(=S)NCCCn1nc(C(F)(F)F)c(Br)c1C. The molecule has 0 aliphatic carbocycles. The van der Waals surface area contributed by atoms with Gasteiger partial charge in [-0.25, -0.2) is 0 Å². The van der Waals surface area contributed by atoms with Gasteiger partial charge in [-0.3, -0.25) is 4.68 Å². The molecular formula is C12H18BrF3N4OS. The van der Waals surface area contributed by atoms with Crippen molar-refractivity contribution in [1.82, 2.24) is 20.4 Å². The largest absolute Gasteiger partial charge is 0.436 e. The summed E-state index contributed by atoms with van der Waals surface area (Å²) in [5.41, 5.74) is -0.442. The third-order valence-electron chi connectivity index (χ3n) is 2.83. The number of methoxy groups -OCH3 is 1. The van der Waals surface area contributed by atoms with E-state index in [2.05, 4.69) is 31.7 Å². The Balaban J connectivity index is 2.41. The van der Waals surface area contributed by atoms with Gasteiger partial charge >= 0.3 is 6.18 Å². The summed E-state index contributed by atoms with van der Waals surface area (Å²) >= 11 is 7.98. The molecule has 1 rings (SSSR count). The van der Waals surface area contributed by atoms with E-state index in [4.69, 9.17) is 17.0 Å². The third-order valence-corrected chi connectivity index (χ3v) is 4.06. The van der Waals surface area contributed by atoms with Gasteiger partial charge in [-0.2, -0.15) is 18.3 Å². The normalized spacial score (nSPS) is 11.5. The summed E-state index contributed by atoms with van der Waals surface area (Å²) in [5.74, 6) is 0. The summed E-state index contributed by atoms with van der Waals surface area (Å²) < 4.78 is 44.4. The lowest BCUT2D eigenvalue weighted by molar-refractivity contribution is -0.142. The second-order valence-electron chi connectivity index (χ2n) is 4.50. The maximum atomic E-state index is 12.7. The second kappa shape index (κ2) is 8.68. The van der Waals surface area contributed by atoms with Gasteiger partial charge in [0.15, 0.2) is 10.8 Å². The molecule has 0 unspecified atom stereocenters. The highest BCUT2D eigenvalue weighted by molar-refractivity contribution is 9.10. The van der Waals surface area contributed by atoms with E-state index < -0.39 is 11.9 Å². The van der Waals surface area contributed by atoms with Crippen LogP contribution in [0.3, 0.4) is 0 Å². The zero-order valence-corrected chi connectivity index (χ0v) is 14.7. The van der Waals surface area contributed by atoms with Crippen LogP contribution in [0.4, 0.5) is 13.2 Å². The molecule has 0 bridgehead atoms. The van der Waals surface area contributed by atoms with E-state index in [9.17, 15) is 13.2 Å². The Morgan fingerprint density at radius 2 is 2.00 bits per heavy atom. The molecule has 0 saturated heterocycles. The number of hydrogen-bond donors (Lipinski definition) is 2. The first kappa shape index (κ1) is 19.2. The van der Waals surface area contributed by atoms with Gasteiger partial charge in [0, 0.05) is 26.7 Å². The van der Waals surface area contributed by atoms with E-state index in [0.717, 1.165) is 0 Å². The van der Waals surface area contributed by atoms with Crippen molar-refractivity contribution >= 4 is 33.3 Å². The average Bonchev–Trinajstić information content (AvgIpc) is 2.72. The zero-order chi connectivity index (χ0) is 16.8. The van der Waals surface area contributed by atoms with Crippen LogP contribution in [-0.4, -0.2) is 41.7 Å². The Morgan fingerprint density at radius 1 is 1.36 bits per heavy atom. The smallest absolute Gasteiger partial charge is 0.383 e. The summed E-state index contributed by atoms with van der Waals surface area (Å²) in [6.07, 6.45) is -3.86. The lowest BCUT2D eigenvalue weighted by Crippen LogP contribution is -2.37. The number of rotatable bonds is 7. The molecule has 2 N–H and O–H groups in total. The maximum absolute atomic E-state index is 12.7. The van der Waals surface area contributed by atoms with Crippen LogP contribution in [0.1, 0.15) is 17.8 Å². The lowest BCUT2D eigenvalue weighted by Gasteiger charge is -2.10. The van der Waals surface area contributed by atoms with Crippen LogP contribution in [0.2, 0.25) is 0 Å². The van der Waals surface area contributed by atoms with Crippen LogP contribution in [0.25, 0.3) is 0 Å². The molecule has 22 heavy (non-hydrogen) atoms. The summed E-state index contributed by atoms with van der Waals surface area (Å²) in [6, 6.07) is 0. The molecule has 10 heteroatoms. The Bertz CT molecular complexity index is 507. The highest BCUT2D eigenvalue weighted by Gasteiger charge is 2.37. The fourth-order valence-corrected chi connectivity index (χ4v) is 2.40. The fourth-order valence-electron chi connectivity index (χ4n) is 1.68. The molecule has 5 nitrogen and oxygen atoms in total. The maximum Gasteiger partial charge on any atom is 0.436 e. The molecule has 1 heterocycles. The number of ether oxygens (including phenoxy) is 1. The number of nitrogens with one attached hydrogen (secondary N) is 2. The monoisotopic (exact) mass is 402 g/mol. The third kappa shape index (κ3) is 5.73. The Kier molecular flexibility index (Phi) is 7.57. The Labute approximate surface area is 140 Å². The van der Waals surface area contributed by atoms with Gasteiger partial charge in [0.25, 0.3) is 0 Å². The van der Waals surface area contributed by atoms with Crippen LogP contribution in [0, 0.1) is 6.92 Å². The van der Waals surface area contributed by atoms with Crippen LogP contribution < -0.4 is 10.6 Å². The molecule has 0 saturated carbocycles. The molecule has 0 aliphatic rings. The van der Waals surface area contributed by atoms with Gasteiger partial charge in [0.1, 0.15) is 0 Å². The van der Waals surface area contributed by atoms with E-state index in [1.807, 2.05) is 0 Å². The van der Waals surface area contributed by atoms with Crippen molar-refractivity contribution in [3.8, 4) is 0 Å². The molecule has 0 radical (unpaired) electrons. The summed E-state index contributed by atoms with van der Waals surface area (Å²) in [6.45, 7) is 3.65. The number of hydrogen-bond acceptors (Lipinski definition) is 3. The van der Waals surface area contributed by atoms with Crippen molar-refractivity contribution in [3.05, 3.63) is 15.9 Å². The summed E-state index contributed by atoms with van der Waals surface area (Å²) in [5, 5.41) is 10.0. The molecular weight excluding hydrogens is 385 g/mol. The standard InChI is InChI=1S/C12H18BrF3N4OS/c1-8-9(13)10(12(14,15)16)19-20(8)6-3-4-17-11(22)18-5-7-21-2/h3-7H2,1-2H3,(H2,17,18,22). The number of halogens is 4. The average molecular weight is 403 g/mol. The molecule has 0 aliphatic heterocycles. The van der Waals surface area contributed by atoms with Crippen LogP contribution in [0.5, 0.6) is 0 Å². The van der Waals surface area contributed by atoms with Crippen LogP contribution >= 0.6 is 28.1 Å². The molecule has 1 aromatic heterocycles. The number of alkyl halides is 3. The van der Waals surface area contributed by atoms with Gasteiger partial charge in [0.2, 0.25) is 0 Å². The first-order chi connectivity index (χ1) is 10.3. The fraction of sp³-hybridized carbons (Fsp3) is 0.667. The molecule has 1 aromatic rings. The van der Waals surface area contributed by atoms with Crippen molar-refractivity contribution in [2.75, 3.05) is 26.8 Å². The van der Waals surface area contributed by atoms with E-state index >= 15 is 0 Å². The first-order valence-corrected chi connectivity index (χ1v) is 7.78. The highest BCUT2D eigenvalue weighted by atomic mass is 79.9. The van der Waals surface area contributed by atoms with E-state index in [-0.39, 0.29) is 4.47 Å². The van der Waals surface area contributed by atoms with Crippen LogP contribution in [0.15, 0.2) is 4.47 Å². The first-order valence-electron chi connectivity index (χ1n) is 6.58. The van der Waals surface area contributed by atoms with Crippen molar-refractivity contribution in [3.63, 3.8) is 0 Å². The van der Waals surface area contributed by atoms with Crippen molar-refractivity contribution in [2.24, 2.45) is 0 Å². The predicted octanol–water partition coefficient (Wildman–Crippen LogP) is 2.47. The molecule has 0 atom stereocenters. The lowest BCUT2D eigenvalue weighted by atomic mass is 10.3. The Morgan fingerprint density at radius 3 is 2.55 bits per heavy atom. The number of nitrogens with zero attached hydrogens (tertiary/aromatic N) is 2. The van der Waals surface area contributed by atoms with E-state index in [1.54, 1.807) is 14.0 Å². The zero-order valence-electron chi connectivity index (χ0n) is 12.3. The minimum atomic E-state index is -4.46. The quantitative estimate of drug-likeness (QED) is 0.541. The molecule has 0 spiro atoms. The Hall–Kier alpha value is -0.870. The molecule has 0 fully saturated rings. The molecule has 0 aromatic carbocycles. The van der Waals surface area contributed by atoms with Gasteiger partial charge < -0.3 is 15.4 Å². The summed E-state index contributed by atoms with van der Waals surface area (Å²) in [7, 11) is 1.60. The van der Waals surface area contributed by atoms with Gasteiger partial charge in [0.05, 0.1) is 16.8 Å². The topological polar surface area (TPSA) is 51.1 Å². The van der Waals surface area contributed by atoms with Gasteiger partial charge in [-0.05, 0) is 41.5 Å². The second-order valence-corrected chi connectivity index (χ2v) is 5.70. The van der Waals surface area contributed by atoms with Crippen molar-refractivity contribution in [1.29, 1.82) is 0 Å². The van der Waals surface area contributed by atoms with Gasteiger partial charge in [-0.1, -0.05) is 0 Å². The van der Waals surface area contributed by atoms with E-state index in [1.165, 1.54) is 4.68 Å². The minimum Gasteiger partial charge on any atom is -0.383 e. The number of thiocarbonyl (C=S) groups is 1. The van der Waals surface area contributed by atoms with E-state index in [0.29, 0.717) is 43.5 Å². The molecule has 0 amide bonds. The minimum absolute atomic E-state index is 0.00953. The predicted molar refractivity (Wildman–Crippen MR) is 84.8 cm³/mol. The number of aryl methyl sites for hydroxylation is 1. The van der Waals surface area contributed by atoms with Crippen LogP contribution in [-0.2, 0) is 17.5 Å². The van der Waals surface area contributed by atoms with Crippen molar-refractivity contribution in [2.45, 2.75) is 26.1 Å². The van der Waals surface area contributed by atoms with Gasteiger partial charge in [-0.15, -0.1) is 0 Å². The molecule has 126 valence electrons. The highest BCUT2D eigenvalue weighted by Crippen LogP contribution is 2.35. The summed E-state index contributed by atoms with van der Waals surface area (Å²) in [4.78, 5) is 0. The number of aromatic nitrogens is 2.